The van der Waals surface area contributed by atoms with Gasteiger partial charge < -0.3 is 20.7 Å². The van der Waals surface area contributed by atoms with E-state index in [0.29, 0.717) is 17.6 Å². The van der Waals surface area contributed by atoms with Gasteiger partial charge >= 0.3 is 5.69 Å². The second-order valence-electron chi connectivity index (χ2n) is 4.42. The monoisotopic (exact) mass is 267 g/mol. The molecule has 1 aliphatic rings. The molecule has 2 rings (SSSR count). The van der Waals surface area contributed by atoms with Gasteiger partial charge in [-0.15, -0.1) is 0 Å². The predicted molar refractivity (Wildman–Crippen MR) is 68.4 cm³/mol. The van der Waals surface area contributed by atoms with Gasteiger partial charge in [-0.2, -0.15) is 4.98 Å². The van der Waals surface area contributed by atoms with Gasteiger partial charge in [-0.05, 0) is 6.42 Å². The SMILES string of the molecule is C=C1C(O)[C@@H](CO)O[C@H]1n1cc(CC)c(N)nc1=O. The van der Waals surface area contributed by atoms with Gasteiger partial charge in [-0.3, -0.25) is 4.57 Å². The molecule has 1 aromatic heterocycles. The van der Waals surface area contributed by atoms with Crippen molar-refractivity contribution < 1.29 is 14.9 Å². The predicted octanol–water partition coefficient (Wildman–Crippen LogP) is -0.805. The van der Waals surface area contributed by atoms with Crippen LogP contribution in [0.2, 0.25) is 0 Å². The van der Waals surface area contributed by atoms with E-state index in [1.807, 2.05) is 6.92 Å². The average Bonchev–Trinajstić information content (AvgIpc) is 2.67. The molecule has 1 aliphatic heterocycles. The Morgan fingerprint density at radius 1 is 1.63 bits per heavy atom. The van der Waals surface area contributed by atoms with E-state index in [-0.39, 0.29) is 12.4 Å². The Hall–Kier alpha value is -1.70. The largest absolute Gasteiger partial charge is 0.394 e. The van der Waals surface area contributed by atoms with Crippen LogP contribution in [0.5, 0.6) is 0 Å². The van der Waals surface area contributed by atoms with Gasteiger partial charge in [0.1, 0.15) is 18.0 Å². The van der Waals surface area contributed by atoms with Crippen molar-refractivity contribution in [1.82, 2.24) is 9.55 Å². The van der Waals surface area contributed by atoms with Crippen LogP contribution < -0.4 is 11.4 Å². The smallest absolute Gasteiger partial charge is 0.351 e. The van der Waals surface area contributed by atoms with E-state index < -0.39 is 24.1 Å². The van der Waals surface area contributed by atoms with E-state index in [1.54, 1.807) is 6.20 Å². The van der Waals surface area contributed by atoms with Crippen molar-refractivity contribution in [2.24, 2.45) is 0 Å². The molecule has 0 spiro atoms. The third-order valence-corrected chi connectivity index (χ3v) is 3.23. The number of aliphatic hydroxyl groups excluding tert-OH is 2. The molecule has 104 valence electrons. The number of nitrogens with zero attached hydrogens (tertiary/aromatic N) is 2. The van der Waals surface area contributed by atoms with Crippen LogP contribution >= 0.6 is 0 Å². The first-order valence-corrected chi connectivity index (χ1v) is 6.00. The lowest BCUT2D eigenvalue weighted by Crippen LogP contribution is -2.29. The molecule has 0 amide bonds. The molecule has 7 heteroatoms. The molecule has 1 unspecified atom stereocenters. The number of aliphatic hydroxyl groups is 2. The standard InChI is InChI=1S/C12H17N3O4/c1-3-7-4-15(12(18)14-10(7)13)11-6(2)9(17)8(5-16)19-11/h4,8-9,11,16-17H,2-3,5H2,1H3,(H2,13,14,18)/t8-,9?,11-/m1/s1. The lowest BCUT2D eigenvalue weighted by Gasteiger charge is -2.16. The van der Waals surface area contributed by atoms with Crippen molar-refractivity contribution in [3.05, 3.63) is 34.4 Å². The molecule has 19 heavy (non-hydrogen) atoms. The second-order valence-corrected chi connectivity index (χ2v) is 4.42. The maximum Gasteiger partial charge on any atom is 0.351 e. The first-order chi connectivity index (χ1) is 8.99. The molecule has 0 radical (unpaired) electrons. The number of aryl methyl sites for hydroxylation is 1. The first-order valence-electron chi connectivity index (χ1n) is 6.00. The highest BCUT2D eigenvalue weighted by atomic mass is 16.5. The van der Waals surface area contributed by atoms with Gasteiger partial charge in [0, 0.05) is 17.3 Å². The average molecular weight is 267 g/mol. The molecular formula is C12H17N3O4. The van der Waals surface area contributed by atoms with Crippen LogP contribution in [0, 0.1) is 0 Å². The molecule has 7 nitrogen and oxygen atoms in total. The lowest BCUT2D eigenvalue weighted by molar-refractivity contribution is -0.0447. The molecule has 0 aromatic carbocycles. The Morgan fingerprint density at radius 3 is 2.84 bits per heavy atom. The highest BCUT2D eigenvalue weighted by Gasteiger charge is 2.38. The number of hydrogen-bond acceptors (Lipinski definition) is 6. The molecule has 0 bridgehead atoms. The lowest BCUT2D eigenvalue weighted by atomic mass is 10.1. The van der Waals surface area contributed by atoms with Gasteiger partial charge in [-0.1, -0.05) is 13.5 Å². The van der Waals surface area contributed by atoms with Crippen LogP contribution in [0.25, 0.3) is 0 Å². The number of nitrogens with two attached hydrogens (primary N) is 1. The van der Waals surface area contributed by atoms with E-state index in [2.05, 4.69) is 11.6 Å². The minimum absolute atomic E-state index is 0.187. The molecule has 3 atom stereocenters. The fraction of sp³-hybridized carbons (Fsp3) is 0.500. The summed E-state index contributed by atoms with van der Waals surface area (Å²) >= 11 is 0. The molecule has 1 saturated heterocycles. The minimum Gasteiger partial charge on any atom is -0.394 e. The Balaban J connectivity index is 2.43. The Labute approximate surface area is 110 Å². The summed E-state index contributed by atoms with van der Waals surface area (Å²) in [6.45, 7) is 5.24. The fourth-order valence-corrected chi connectivity index (χ4v) is 2.06. The van der Waals surface area contributed by atoms with Crippen molar-refractivity contribution in [2.45, 2.75) is 31.8 Å². The third kappa shape index (κ3) is 2.27. The normalized spacial score (nSPS) is 26.9. The Bertz CT molecular complexity index is 554. The van der Waals surface area contributed by atoms with E-state index in [9.17, 15) is 9.90 Å². The van der Waals surface area contributed by atoms with E-state index in [1.165, 1.54) is 4.57 Å². The van der Waals surface area contributed by atoms with Crippen LogP contribution in [-0.4, -0.2) is 38.6 Å². The van der Waals surface area contributed by atoms with Crippen molar-refractivity contribution in [1.29, 1.82) is 0 Å². The van der Waals surface area contributed by atoms with Crippen LogP contribution in [0.4, 0.5) is 5.82 Å². The Morgan fingerprint density at radius 2 is 2.32 bits per heavy atom. The van der Waals surface area contributed by atoms with Crippen LogP contribution in [0.15, 0.2) is 23.1 Å². The second kappa shape index (κ2) is 5.12. The summed E-state index contributed by atoms with van der Waals surface area (Å²) in [4.78, 5) is 15.6. The summed E-state index contributed by atoms with van der Waals surface area (Å²) in [5.74, 6) is 0.187. The van der Waals surface area contributed by atoms with Crippen molar-refractivity contribution in [3.63, 3.8) is 0 Å². The maximum atomic E-state index is 11.8. The van der Waals surface area contributed by atoms with Gasteiger partial charge in [0.25, 0.3) is 0 Å². The van der Waals surface area contributed by atoms with Crippen LogP contribution in [0.3, 0.4) is 0 Å². The van der Waals surface area contributed by atoms with E-state index in [0.717, 1.165) is 0 Å². The zero-order chi connectivity index (χ0) is 14.2. The minimum atomic E-state index is -1.01. The van der Waals surface area contributed by atoms with Crippen LogP contribution in [0.1, 0.15) is 18.7 Å². The molecule has 0 aliphatic carbocycles. The van der Waals surface area contributed by atoms with Gasteiger partial charge in [-0.25, -0.2) is 4.79 Å². The zero-order valence-electron chi connectivity index (χ0n) is 10.6. The zero-order valence-corrected chi connectivity index (χ0v) is 10.6. The molecule has 1 aromatic rings. The molecule has 4 N–H and O–H groups in total. The molecular weight excluding hydrogens is 250 g/mol. The summed E-state index contributed by atoms with van der Waals surface area (Å²) in [6, 6.07) is 0. The number of anilines is 1. The quantitative estimate of drug-likeness (QED) is 0.618. The number of rotatable bonds is 3. The molecule has 1 fully saturated rings. The van der Waals surface area contributed by atoms with Crippen LogP contribution in [-0.2, 0) is 11.2 Å². The number of hydrogen-bond donors (Lipinski definition) is 3. The van der Waals surface area contributed by atoms with Crippen molar-refractivity contribution in [3.8, 4) is 0 Å². The summed E-state index contributed by atoms with van der Waals surface area (Å²) in [7, 11) is 0. The number of nitrogen functional groups attached to an aromatic ring is 1. The number of ether oxygens (including phenoxy) is 1. The van der Waals surface area contributed by atoms with E-state index in [4.69, 9.17) is 15.6 Å². The van der Waals surface area contributed by atoms with Crippen molar-refractivity contribution in [2.75, 3.05) is 12.3 Å². The maximum absolute atomic E-state index is 11.8. The number of aromatic nitrogens is 2. The highest BCUT2D eigenvalue weighted by molar-refractivity contribution is 5.37. The topological polar surface area (TPSA) is 111 Å². The summed E-state index contributed by atoms with van der Waals surface area (Å²) < 4.78 is 6.66. The molecule has 0 saturated carbocycles. The summed E-state index contributed by atoms with van der Waals surface area (Å²) in [5.41, 5.74) is 6.08. The first kappa shape index (κ1) is 13.7. The summed E-state index contributed by atoms with van der Waals surface area (Å²) in [5, 5.41) is 18.9. The highest BCUT2D eigenvalue weighted by Crippen LogP contribution is 2.32. The summed E-state index contributed by atoms with van der Waals surface area (Å²) in [6.07, 6.45) is -0.466. The van der Waals surface area contributed by atoms with E-state index >= 15 is 0 Å². The fourth-order valence-electron chi connectivity index (χ4n) is 2.06. The van der Waals surface area contributed by atoms with Crippen molar-refractivity contribution >= 4 is 5.82 Å². The van der Waals surface area contributed by atoms with Gasteiger partial charge in [0.05, 0.1) is 6.61 Å². The molecule has 2 heterocycles. The van der Waals surface area contributed by atoms with Gasteiger partial charge in [0.2, 0.25) is 0 Å². The van der Waals surface area contributed by atoms with Gasteiger partial charge in [0.15, 0.2) is 6.23 Å². The third-order valence-electron chi connectivity index (χ3n) is 3.23. The Kier molecular flexibility index (Phi) is 3.70.